The molecule has 13 heavy (non-hydrogen) atoms. The largest absolute Gasteiger partial charge is 0.395 e. The van der Waals surface area contributed by atoms with E-state index in [0.717, 1.165) is 38.0 Å². The highest BCUT2D eigenvalue weighted by molar-refractivity contribution is 4.85. The fourth-order valence-corrected chi connectivity index (χ4v) is 2.54. The zero-order chi connectivity index (χ0) is 9.10. The van der Waals surface area contributed by atoms with Crippen LogP contribution in [0.2, 0.25) is 0 Å². The molecule has 2 aliphatic heterocycles. The number of nitrogens with one attached hydrogen (secondary N) is 1. The molecule has 0 aliphatic carbocycles. The van der Waals surface area contributed by atoms with Crippen LogP contribution >= 0.6 is 0 Å². The monoisotopic (exact) mass is 185 g/mol. The standard InChI is InChI=1S/C10H19NO2/c12-7-10-5-9(6-11-10)8-1-3-13-4-2-8/h8-12H,1-7H2. The Morgan fingerprint density at radius 3 is 2.62 bits per heavy atom. The highest BCUT2D eigenvalue weighted by Gasteiger charge is 2.30. The van der Waals surface area contributed by atoms with Gasteiger partial charge in [0.1, 0.15) is 0 Å². The van der Waals surface area contributed by atoms with E-state index in [2.05, 4.69) is 5.32 Å². The Kier molecular flexibility index (Phi) is 3.19. The molecule has 2 aliphatic rings. The minimum absolute atomic E-state index is 0.291. The molecule has 0 amide bonds. The summed E-state index contributed by atoms with van der Waals surface area (Å²) in [5.41, 5.74) is 0. The zero-order valence-electron chi connectivity index (χ0n) is 8.04. The molecule has 2 unspecified atom stereocenters. The molecule has 0 spiro atoms. The third kappa shape index (κ3) is 2.22. The average molecular weight is 185 g/mol. The summed E-state index contributed by atoms with van der Waals surface area (Å²) in [5, 5.41) is 12.4. The SMILES string of the molecule is OCC1CC(C2CCOCC2)CN1. The molecule has 0 aromatic rings. The molecular formula is C10H19NO2. The Morgan fingerprint density at radius 1 is 1.23 bits per heavy atom. The smallest absolute Gasteiger partial charge is 0.0584 e. The van der Waals surface area contributed by atoms with Crippen LogP contribution in [0.25, 0.3) is 0 Å². The molecule has 0 bridgehead atoms. The molecule has 0 aromatic heterocycles. The van der Waals surface area contributed by atoms with Crippen LogP contribution in [0.1, 0.15) is 19.3 Å². The molecule has 2 heterocycles. The first kappa shape index (κ1) is 9.44. The average Bonchev–Trinajstić information content (AvgIpc) is 2.67. The van der Waals surface area contributed by atoms with Crippen molar-refractivity contribution in [1.82, 2.24) is 5.32 Å². The van der Waals surface area contributed by atoms with Crippen LogP contribution < -0.4 is 5.32 Å². The highest BCUT2D eigenvalue weighted by atomic mass is 16.5. The summed E-state index contributed by atoms with van der Waals surface area (Å²) in [4.78, 5) is 0. The maximum absolute atomic E-state index is 8.99. The first-order valence-corrected chi connectivity index (χ1v) is 5.32. The van der Waals surface area contributed by atoms with Crippen LogP contribution in [-0.4, -0.2) is 37.5 Å². The van der Waals surface area contributed by atoms with E-state index < -0.39 is 0 Å². The van der Waals surface area contributed by atoms with Crippen molar-refractivity contribution in [3.63, 3.8) is 0 Å². The molecular weight excluding hydrogens is 166 g/mol. The lowest BCUT2D eigenvalue weighted by Crippen LogP contribution is -2.25. The third-order valence-corrected chi connectivity index (χ3v) is 3.41. The first-order chi connectivity index (χ1) is 6.40. The lowest BCUT2D eigenvalue weighted by atomic mass is 9.84. The van der Waals surface area contributed by atoms with Crippen molar-refractivity contribution in [3.8, 4) is 0 Å². The van der Waals surface area contributed by atoms with Crippen molar-refractivity contribution in [3.05, 3.63) is 0 Å². The van der Waals surface area contributed by atoms with Gasteiger partial charge in [0.2, 0.25) is 0 Å². The van der Waals surface area contributed by atoms with Gasteiger partial charge in [-0.25, -0.2) is 0 Å². The van der Waals surface area contributed by atoms with Gasteiger partial charge >= 0.3 is 0 Å². The van der Waals surface area contributed by atoms with E-state index in [4.69, 9.17) is 9.84 Å². The second-order valence-electron chi connectivity index (χ2n) is 4.23. The minimum atomic E-state index is 0.291. The van der Waals surface area contributed by atoms with Crippen LogP contribution in [0, 0.1) is 11.8 Å². The van der Waals surface area contributed by atoms with Gasteiger partial charge in [-0.2, -0.15) is 0 Å². The Morgan fingerprint density at radius 2 is 2.00 bits per heavy atom. The van der Waals surface area contributed by atoms with Crippen LogP contribution in [0.4, 0.5) is 0 Å². The van der Waals surface area contributed by atoms with Crippen molar-refractivity contribution in [2.24, 2.45) is 11.8 Å². The number of hydrogen-bond acceptors (Lipinski definition) is 3. The molecule has 2 N–H and O–H groups in total. The van der Waals surface area contributed by atoms with Crippen LogP contribution in [0.3, 0.4) is 0 Å². The van der Waals surface area contributed by atoms with E-state index in [1.165, 1.54) is 12.8 Å². The quantitative estimate of drug-likeness (QED) is 0.653. The second kappa shape index (κ2) is 4.40. The summed E-state index contributed by atoms with van der Waals surface area (Å²) in [6.45, 7) is 3.26. The van der Waals surface area contributed by atoms with Crippen LogP contribution in [0.15, 0.2) is 0 Å². The Balaban J connectivity index is 1.80. The molecule has 2 saturated heterocycles. The minimum Gasteiger partial charge on any atom is -0.395 e. The van der Waals surface area contributed by atoms with Gasteiger partial charge in [0.05, 0.1) is 6.61 Å². The molecule has 2 rings (SSSR count). The van der Waals surface area contributed by atoms with Gasteiger partial charge < -0.3 is 15.2 Å². The first-order valence-electron chi connectivity index (χ1n) is 5.32. The number of aliphatic hydroxyl groups excluding tert-OH is 1. The fourth-order valence-electron chi connectivity index (χ4n) is 2.54. The van der Waals surface area contributed by atoms with Gasteiger partial charge in [0.25, 0.3) is 0 Å². The normalized spacial score (nSPS) is 36.7. The summed E-state index contributed by atoms with van der Waals surface area (Å²) in [7, 11) is 0. The van der Waals surface area contributed by atoms with Crippen molar-refractivity contribution < 1.29 is 9.84 Å². The van der Waals surface area contributed by atoms with Gasteiger partial charge in [-0.05, 0) is 37.6 Å². The van der Waals surface area contributed by atoms with E-state index >= 15 is 0 Å². The predicted octanol–water partition coefficient (Wildman–Crippen LogP) is 0.383. The molecule has 0 saturated carbocycles. The second-order valence-corrected chi connectivity index (χ2v) is 4.23. The van der Waals surface area contributed by atoms with Crippen molar-refractivity contribution >= 4 is 0 Å². The van der Waals surface area contributed by atoms with Crippen LogP contribution in [-0.2, 0) is 4.74 Å². The van der Waals surface area contributed by atoms with Gasteiger partial charge in [-0.3, -0.25) is 0 Å². The molecule has 2 fully saturated rings. The van der Waals surface area contributed by atoms with E-state index in [-0.39, 0.29) is 0 Å². The maximum atomic E-state index is 8.99. The summed E-state index contributed by atoms with van der Waals surface area (Å²) in [6.07, 6.45) is 3.58. The van der Waals surface area contributed by atoms with Gasteiger partial charge in [-0.15, -0.1) is 0 Å². The van der Waals surface area contributed by atoms with E-state index in [1.54, 1.807) is 0 Å². The lowest BCUT2D eigenvalue weighted by Gasteiger charge is -2.26. The Labute approximate surface area is 79.5 Å². The van der Waals surface area contributed by atoms with E-state index in [9.17, 15) is 0 Å². The van der Waals surface area contributed by atoms with E-state index in [0.29, 0.717) is 12.6 Å². The number of aliphatic hydroxyl groups is 1. The summed E-state index contributed by atoms with van der Waals surface area (Å²) < 4.78 is 5.34. The zero-order valence-corrected chi connectivity index (χ0v) is 8.04. The van der Waals surface area contributed by atoms with Gasteiger partial charge in [-0.1, -0.05) is 0 Å². The van der Waals surface area contributed by atoms with Crippen molar-refractivity contribution in [2.45, 2.75) is 25.3 Å². The number of hydrogen-bond donors (Lipinski definition) is 2. The molecule has 0 aromatic carbocycles. The van der Waals surface area contributed by atoms with Gasteiger partial charge in [0.15, 0.2) is 0 Å². The number of rotatable bonds is 2. The lowest BCUT2D eigenvalue weighted by molar-refractivity contribution is 0.0490. The van der Waals surface area contributed by atoms with Crippen LogP contribution in [0.5, 0.6) is 0 Å². The van der Waals surface area contributed by atoms with Crippen molar-refractivity contribution in [1.29, 1.82) is 0 Å². The Hall–Kier alpha value is -0.120. The van der Waals surface area contributed by atoms with E-state index in [1.807, 2.05) is 0 Å². The molecule has 2 atom stereocenters. The molecule has 0 radical (unpaired) electrons. The fraction of sp³-hybridized carbons (Fsp3) is 1.00. The summed E-state index contributed by atoms with van der Waals surface area (Å²) in [5.74, 6) is 1.61. The Bertz CT molecular complexity index is 157. The topological polar surface area (TPSA) is 41.5 Å². The number of ether oxygens (including phenoxy) is 1. The molecule has 3 heteroatoms. The molecule has 3 nitrogen and oxygen atoms in total. The summed E-state index contributed by atoms with van der Waals surface area (Å²) in [6, 6.07) is 0.354. The highest BCUT2D eigenvalue weighted by Crippen LogP contribution is 2.29. The van der Waals surface area contributed by atoms with Crippen molar-refractivity contribution in [2.75, 3.05) is 26.4 Å². The predicted molar refractivity (Wildman–Crippen MR) is 50.5 cm³/mol. The maximum Gasteiger partial charge on any atom is 0.0584 e. The third-order valence-electron chi connectivity index (χ3n) is 3.41. The molecule has 76 valence electrons. The van der Waals surface area contributed by atoms with Gasteiger partial charge in [0, 0.05) is 19.3 Å². The summed E-state index contributed by atoms with van der Waals surface area (Å²) >= 11 is 0.